The molecule has 3 aromatic carbocycles. The summed E-state index contributed by atoms with van der Waals surface area (Å²) in [5, 5.41) is 2.04. The minimum absolute atomic E-state index is 0.183. The van der Waals surface area contributed by atoms with Crippen molar-refractivity contribution in [3.05, 3.63) is 108 Å². The van der Waals surface area contributed by atoms with Gasteiger partial charge in [0.05, 0.1) is 0 Å². The Hall–Kier alpha value is -1.63. The molecule has 0 aromatic heterocycles. The fourth-order valence-electron chi connectivity index (χ4n) is 2.43. The molecule has 0 unspecified atom stereocenters. The van der Waals surface area contributed by atoms with Crippen molar-refractivity contribution in [3.8, 4) is 0 Å². The summed E-state index contributed by atoms with van der Waals surface area (Å²) in [5.41, 5.74) is 3.53. The van der Waals surface area contributed by atoms with Crippen LogP contribution in [0.1, 0.15) is 21.5 Å². The van der Waals surface area contributed by atoms with Gasteiger partial charge in [0.15, 0.2) is 0 Å². The van der Waals surface area contributed by atoms with E-state index in [0.29, 0.717) is 5.78 Å². The third-order valence-corrected chi connectivity index (χ3v) is 11.0. The third-order valence-electron chi connectivity index (χ3n) is 3.76. The molecule has 0 aliphatic heterocycles. The molecular weight excluding hydrogens is 438 g/mol. The van der Waals surface area contributed by atoms with Crippen molar-refractivity contribution >= 4 is 35.7 Å². The summed E-state index contributed by atoms with van der Waals surface area (Å²) in [6.07, 6.45) is 0. The van der Waals surface area contributed by atoms with E-state index in [1.54, 1.807) is 0 Å². The molecule has 126 valence electrons. The summed E-state index contributed by atoms with van der Waals surface area (Å²) in [4.78, 5) is 13.0. The van der Waals surface area contributed by atoms with Crippen molar-refractivity contribution in [3.63, 3.8) is 0 Å². The van der Waals surface area contributed by atoms with Gasteiger partial charge in [0.2, 0.25) is 0 Å². The Labute approximate surface area is 162 Å². The van der Waals surface area contributed by atoms with Crippen LogP contribution in [0.25, 0.3) is 0 Å². The van der Waals surface area contributed by atoms with E-state index < -0.39 is 0 Å². The summed E-state index contributed by atoms with van der Waals surface area (Å²) in [7, 11) is 0. The second-order valence-electron chi connectivity index (χ2n) is 5.66. The molecule has 3 aromatic rings. The first-order valence-electron chi connectivity index (χ1n) is 8.23. The molecule has 0 saturated carbocycles. The topological polar surface area (TPSA) is 17.1 Å². The first kappa shape index (κ1) is 18.2. The zero-order chi connectivity index (χ0) is 17.3. The number of benzene rings is 3. The van der Waals surface area contributed by atoms with Gasteiger partial charge >= 0.3 is 163 Å². The number of ketones is 1. The first-order valence-corrected chi connectivity index (χ1v) is 12.6. The van der Waals surface area contributed by atoms with Crippen LogP contribution in [0.2, 0.25) is 3.71 Å². The first-order chi connectivity index (χ1) is 12.3. The summed E-state index contributed by atoms with van der Waals surface area (Å²) in [5.74, 6) is 0.326. The van der Waals surface area contributed by atoms with E-state index in [4.69, 9.17) is 0 Å². The Kier molecular flexibility index (Phi) is 7.09. The Balaban J connectivity index is 1.69. The molecule has 0 fully saturated rings. The van der Waals surface area contributed by atoms with Crippen molar-refractivity contribution in [1.29, 1.82) is 0 Å². The second kappa shape index (κ2) is 9.75. The SMILES string of the molecule is O=C(c1ccccc1)C([Se]Cc1ccccc1)[Se]Cc1ccccc1. The normalized spacial score (nSPS) is 10.8. The molecule has 0 aliphatic rings. The van der Waals surface area contributed by atoms with Gasteiger partial charge < -0.3 is 0 Å². The molecule has 0 heterocycles. The standard InChI is InChI=1S/C22H20OSe2/c23-21(20-14-8-3-9-15-20)22(24-16-18-10-4-1-5-11-18)25-17-19-12-6-2-7-13-19/h1-15,22H,16-17H2. The number of carbonyl (C=O) groups is 1. The van der Waals surface area contributed by atoms with Crippen LogP contribution in [0.5, 0.6) is 0 Å². The van der Waals surface area contributed by atoms with Crippen molar-refractivity contribution in [2.24, 2.45) is 0 Å². The molecule has 0 N–H and O–H groups in total. The van der Waals surface area contributed by atoms with E-state index in [2.05, 4.69) is 48.5 Å². The average molecular weight is 458 g/mol. The molecule has 3 rings (SSSR count). The minimum atomic E-state index is 0.183. The van der Waals surface area contributed by atoms with Gasteiger partial charge in [-0.25, -0.2) is 0 Å². The maximum absolute atomic E-state index is 13.0. The van der Waals surface area contributed by atoms with E-state index in [9.17, 15) is 4.79 Å². The van der Waals surface area contributed by atoms with Gasteiger partial charge in [-0.05, 0) is 0 Å². The predicted octanol–water partition coefficient (Wildman–Crippen LogP) is 4.42. The van der Waals surface area contributed by atoms with Crippen LogP contribution in [0.3, 0.4) is 0 Å². The fraction of sp³-hybridized carbons (Fsp3) is 0.136. The van der Waals surface area contributed by atoms with Crippen molar-refractivity contribution in [1.82, 2.24) is 0 Å². The second-order valence-corrected chi connectivity index (χ2v) is 11.8. The molecule has 0 atom stereocenters. The van der Waals surface area contributed by atoms with Crippen molar-refractivity contribution in [2.75, 3.05) is 0 Å². The molecule has 0 aliphatic carbocycles. The summed E-state index contributed by atoms with van der Waals surface area (Å²) in [6.45, 7) is 0. The molecule has 0 saturated heterocycles. The van der Waals surface area contributed by atoms with Crippen LogP contribution in [-0.4, -0.2) is 35.7 Å². The Morgan fingerprint density at radius 3 is 1.48 bits per heavy atom. The maximum atomic E-state index is 13.0. The average Bonchev–Trinajstić information content (AvgIpc) is 2.70. The molecule has 0 bridgehead atoms. The molecule has 1 nitrogen and oxygen atoms in total. The van der Waals surface area contributed by atoms with Gasteiger partial charge in [-0.3, -0.25) is 0 Å². The van der Waals surface area contributed by atoms with E-state index >= 15 is 0 Å². The van der Waals surface area contributed by atoms with Gasteiger partial charge in [-0.2, -0.15) is 0 Å². The summed E-state index contributed by atoms with van der Waals surface area (Å²) in [6, 6.07) is 30.8. The molecule has 0 spiro atoms. The number of hydrogen-bond donors (Lipinski definition) is 0. The monoisotopic (exact) mass is 460 g/mol. The summed E-state index contributed by atoms with van der Waals surface area (Å²) < 4.78 is 0.183. The number of rotatable bonds is 8. The van der Waals surface area contributed by atoms with E-state index in [0.717, 1.165) is 16.2 Å². The van der Waals surface area contributed by atoms with E-state index in [1.807, 2.05) is 42.5 Å². The third kappa shape index (κ3) is 5.69. The predicted molar refractivity (Wildman–Crippen MR) is 106 cm³/mol. The van der Waals surface area contributed by atoms with Crippen LogP contribution in [0.15, 0.2) is 91.0 Å². The zero-order valence-electron chi connectivity index (χ0n) is 13.9. The quantitative estimate of drug-likeness (QED) is 0.361. The fourth-order valence-corrected chi connectivity index (χ4v) is 8.62. The van der Waals surface area contributed by atoms with Crippen LogP contribution in [0.4, 0.5) is 0 Å². The Morgan fingerprint density at radius 1 is 0.640 bits per heavy atom. The number of Topliss-reactive ketones (excluding diaryl/α,β-unsaturated/α-hetero) is 1. The number of carbonyl (C=O) groups excluding carboxylic acids is 1. The zero-order valence-corrected chi connectivity index (χ0v) is 17.3. The molecular formula is C22H20OSe2. The van der Waals surface area contributed by atoms with Crippen molar-refractivity contribution < 1.29 is 4.79 Å². The summed E-state index contributed by atoms with van der Waals surface area (Å²) >= 11 is 0.562. The Morgan fingerprint density at radius 2 is 1.04 bits per heavy atom. The van der Waals surface area contributed by atoms with Crippen LogP contribution < -0.4 is 0 Å². The van der Waals surface area contributed by atoms with E-state index in [-0.39, 0.29) is 33.6 Å². The molecule has 3 heteroatoms. The molecule has 0 radical (unpaired) electrons. The number of hydrogen-bond acceptors (Lipinski definition) is 1. The Bertz CT molecular complexity index is 729. The van der Waals surface area contributed by atoms with Gasteiger partial charge in [0.1, 0.15) is 0 Å². The van der Waals surface area contributed by atoms with Gasteiger partial charge in [0, 0.05) is 0 Å². The molecule has 25 heavy (non-hydrogen) atoms. The van der Waals surface area contributed by atoms with Crippen LogP contribution in [-0.2, 0) is 10.6 Å². The molecule has 0 amide bonds. The van der Waals surface area contributed by atoms with Gasteiger partial charge in [-0.15, -0.1) is 0 Å². The van der Waals surface area contributed by atoms with Crippen LogP contribution in [0, 0.1) is 0 Å². The van der Waals surface area contributed by atoms with Gasteiger partial charge in [-0.1, -0.05) is 0 Å². The van der Waals surface area contributed by atoms with E-state index in [1.165, 1.54) is 11.1 Å². The van der Waals surface area contributed by atoms with Gasteiger partial charge in [0.25, 0.3) is 0 Å². The van der Waals surface area contributed by atoms with Crippen LogP contribution >= 0.6 is 0 Å². The van der Waals surface area contributed by atoms with Crippen molar-refractivity contribution in [2.45, 2.75) is 14.4 Å².